The van der Waals surface area contributed by atoms with Gasteiger partial charge < -0.3 is 14.1 Å². The molecule has 1 aromatic heterocycles. The van der Waals surface area contributed by atoms with Gasteiger partial charge in [-0.25, -0.2) is 0 Å². The van der Waals surface area contributed by atoms with Gasteiger partial charge in [0.2, 0.25) is 5.91 Å². The number of aryl methyl sites for hydroxylation is 2. The number of carbonyl (C=O) groups is 2. The topological polar surface area (TPSA) is 59.8 Å². The highest BCUT2D eigenvalue weighted by molar-refractivity contribution is 5.96. The summed E-state index contributed by atoms with van der Waals surface area (Å²) in [5.41, 5.74) is 1.66. The van der Waals surface area contributed by atoms with Crippen LogP contribution < -0.4 is 4.90 Å². The molecule has 126 valence electrons. The first-order valence-electron chi connectivity index (χ1n) is 8.12. The van der Waals surface area contributed by atoms with Gasteiger partial charge in [0.05, 0.1) is 13.0 Å². The zero-order chi connectivity index (χ0) is 17.1. The zero-order valence-electron chi connectivity index (χ0n) is 14.0. The predicted octanol–water partition coefficient (Wildman–Crippen LogP) is 3.21. The smallest absolute Gasteiger partial charge is 0.313 e. The number of amides is 1. The fourth-order valence-electron chi connectivity index (χ4n) is 3.19. The number of ether oxygens (including phenoxy) is 1. The molecule has 24 heavy (non-hydrogen) atoms. The van der Waals surface area contributed by atoms with Gasteiger partial charge in [-0.3, -0.25) is 9.59 Å². The van der Waals surface area contributed by atoms with Crippen molar-refractivity contribution in [1.82, 2.24) is 0 Å². The van der Waals surface area contributed by atoms with Crippen molar-refractivity contribution in [3.05, 3.63) is 53.5 Å². The fraction of sp³-hybridized carbons (Fsp3) is 0.368. The average molecular weight is 327 g/mol. The van der Waals surface area contributed by atoms with E-state index in [1.54, 1.807) is 4.90 Å². The van der Waals surface area contributed by atoms with Gasteiger partial charge in [0.15, 0.2) is 0 Å². The van der Waals surface area contributed by atoms with Crippen LogP contribution in [0.5, 0.6) is 0 Å². The minimum absolute atomic E-state index is 0.0415. The summed E-state index contributed by atoms with van der Waals surface area (Å²) < 4.78 is 10.4. The molecule has 1 aliphatic rings. The van der Waals surface area contributed by atoms with Crippen molar-refractivity contribution in [3.63, 3.8) is 0 Å². The second-order valence-electron chi connectivity index (χ2n) is 5.98. The van der Waals surface area contributed by atoms with Gasteiger partial charge in [0.1, 0.15) is 11.5 Å². The van der Waals surface area contributed by atoms with Crippen molar-refractivity contribution in [3.8, 4) is 0 Å². The van der Waals surface area contributed by atoms with Crippen molar-refractivity contribution >= 4 is 17.6 Å². The highest BCUT2D eigenvalue weighted by Crippen LogP contribution is 2.36. The molecule has 1 aromatic carbocycles. The molecule has 0 bridgehead atoms. The molecule has 0 N–H and O–H groups in total. The Balaban J connectivity index is 1.76. The highest BCUT2D eigenvalue weighted by atomic mass is 16.5. The molecule has 5 heteroatoms. The molecule has 1 aliphatic heterocycles. The number of benzene rings is 1. The number of nitrogens with zero attached hydrogens (tertiary/aromatic N) is 1. The maximum atomic E-state index is 12.7. The first-order chi connectivity index (χ1) is 11.6. The van der Waals surface area contributed by atoms with E-state index in [0.29, 0.717) is 25.8 Å². The number of esters is 1. The summed E-state index contributed by atoms with van der Waals surface area (Å²) in [6.07, 6.45) is 1.53. The lowest BCUT2D eigenvalue weighted by Crippen LogP contribution is -2.38. The molecular weight excluding hydrogens is 306 g/mol. The molecule has 2 aromatic rings. The van der Waals surface area contributed by atoms with E-state index in [-0.39, 0.29) is 17.8 Å². The Morgan fingerprint density at radius 1 is 1.25 bits per heavy atom. The third kappa shape index (κ3) is 3.20. The van der Waals surface area contributed by atoms with Crippen LogP contribution in [-0.4, -0.2) is 25.5 Å². The Morgan fingerprint density at radius 2 is 2.04 bits per heavy atom. The van der Waals surface area contributed by atoms with Crippen molar-refractivity contribution in [1.29, 1.82) is 0 Å². The lowest BCUT2D eigenvalue weighted by Gasteiger charge is -2.33. The third-order valence-electron chi connectivity index (χ3n) is 4.41. The number of fused-ring (bicyclic) bond motifs is 1. The summed E-state index contributed by atoms with van der Waals surface area (Å²) in [7, 11) is 1.40. The van der Waals surface area contributed by atoms with Crippen molar-refractivity contribution < 1.29 is 18.7 Å². The van der Waals surface area contributed by atoms with Gasteiger partial charge in [-0.2, -0.15) is 0 Å². The minimum atomic E-state index is -0.303. The van der Waals surface area contributed by atoms with Crippen molar-refractivity contribution in [2.75, 3.05) is 18.6 Å². The highest BCUT2D eigenvalue weighted by Gasteiger charge is 2.32. The van der Waals surface area contributed by atoms with Gasteiger partial charge >= 0.3 is 5.97 Å². The number of methoxy groups -OCH3 is 1. The SMILES string of the molecule is COC(=O)[C@@H]1CCN(C(=O)CCc2ccc(C)o2)c2ccccc21. The van der Waals surface area contributed by atoms with Crippen LogP contribution in [0.4, 0.5) is 5.69 Å². The van der Waals surface area contributed by atoms with E-state index in [1.165, 1.54) is 7.11 Å². The average Bonchev–Trinajstić information content (AvgIpc) is 3.03. The van der Waals surface area contributed by atoms with E-state index in [0.717, 1.165) is 22.8 Å². The monoisotopic (exact) mass is 327 g/mol. The molecule has 0 unspecified atom stereocenters. The van der Waals surface area contributed by atoms with Crippen LogP contribution in [-0.2, 0) is 20.7 Å². The zero-order valence-corrected chi connectivity index (χ0v) is 14.0. The number of hydrogen-bond acceptors (Lipinski definition) is 4. The molecule has 0 saturated carbocycles. The third-order valence-corrected chi connectivity index (χ3v) is 4.41. The largest absolute Gasteiger partial charge is 0.469 e. The van der Waals surface area contributed by atoms with Crippen LogP contribution in [0.15, 0.2) is 40.8 Å². The first kappa shape index (κ1) is 16.3. The number of para-hydroxylation sites is 1. The molecule has 0 radical (unpaired) electrons. The van der Waals surface area contributed by atoms with Gasteiger partial charge in [-0.05, 0) is 37.1 Å². The fourth-order valence-corrected chi connectivity index (χ4v) is 3.19. The van der Waals surface area contributed by atoms with Crippen molar-refractivity contribution in [2.24, 2.45) is 0 Å². The van der Waals surface area contributed by atoms with Crippen LogP contribution in [0.3, 0.4) is 0 Å². The van der Waals surface area contributed by atoms with Crippen molar-refractivity contribution in [2.45, 2.75) is 32.1 Å². The van der Waals surface area contributed by atoms with E-state index >= 15 is 0 Å². The Morgan fingerprint density at radius 3 is 2.75 bits per heavy atom. The number of rotatable bonds is 4. The normalized spacial score (nSPS) is 16.6. The molecule has 5 nitrogen and oxygen atoms in total. The molecule has 0 aliphatic carbocycles. The van der Waals surface area contributed by atoms with Gasteiger partial charge in [-0.15, -0.1) is 0 Å². The summed E-state index contributed by atoms with van der Waals surface area (Å²) in [6.45, 7) is 2.41. The Kier molecular flexibility index (Phi) is 4.69. The predicted molar refractivity (Wildman–Crippen MR) is 89.9 cm³/mol. The lowest BCUT2D eigenvalue weighted by atomic mass is 9.89. The molecule has 3 rings (SSSR count). The van der Waals surface area contributed by atoms with E-state index in [9.17, 15) is 9.59 Å². The summed E-state index contributed by atoms with van der Waals surface area (Å²) in [6, 6.07) is 11.4. The molecular formula is C19H21NO4. The summed E-state index contributed by atoms with van der Waals surface area (Å²) in [5.74, 6) is 1.16. The van der Waals surface area contributed by atoms with Crippen LogP contribution >= 0.6 is 0 Å². The van der Waals surface area contributed by atoms with Gasteiger partial charge in [0.25, 0.3) is 0 Å². The van der Waals surface area contributed by atoms with Crippen LogP contribution in [0.25, 0.3) is 0 Å². The summed E-state index contributed by atoms with van der Waals surface area (Å²) >= 11 is 0. The Hall–Kier alpha value is -2.56. The van der Waals surface area contributed by atoms with Crippen LogP contribution in [0.1, 0.15) is 35.8 Å². The molecule has 0 spiro atoms. The number of anilines is 1. The van der Waals surface area contributed by atoms with E-state index in [4.69, 9.17) is 9.15 Å². The molecule has 1 atom stereocenters. The number of hydrogen-bond donors (Lipinski definition) is 0. The van der Waals surface area contributed by atoms with Crippen LogP contribution in [0, 0.1) is 6.92 Å². The second kappa shape index (κ2) is 6.91. The number of carbonyl (C=O) groups excluding carboxylic acids is 2. The maximum absolute atomic E-state index is 12.7. The van der Waals surface area contributed by atoms with E-state index in [1.807, 2.05) is 43.3 Å². The summed E-state index contributed by atoms with van der Waals surface area (Å²) in [5, 5.41) is 0. The minimum Gasteiger partial charge on any atom is -0.469 e. The number of furan rings is 1. The molecule has 0 saturated heterocycles. The van der Waals surface area contributed by atoms with Crippen LogP contribution in [0.2, 0.25) is 0 Å². The van der Waals surface area contributed by atoms with E-state index in [2.05, 4.69) is 0 Å². The molecule has 0 fully saturated rings. The maximum Gasteiger partial charge on any atom is 0.313 e. The van der Waals surface area contributed by atoms with E-state index < -0.39 is 0 Å². The quantitative estimate of drug-likeness (QED) is 0.809. The molecule has 1 amide bonds. The lowest BCUT2D eigenvalue weighted by molar-refractivity contribution is -0.142. The Bertz CT molecular complexity index is 749. The molecule has 2 heterocycles. The first-order valence-corrected chi connectivity index (χ1v) is 8.12. The Labute approximate surface area is 141 Å². The van der Waals surface area contributed by atoms with Gasteiger partial charge in [0, 0.05) is 25.1 Å². The standard InChI is InChI=1S/C19H21NO4/c1-13-7-8-14(24-13)9-10-18(21)20-12-11-16(19(22)23-2)15-5-3-4-6-17(15)20/h3-8,16H,9-12H2,1-2H3/t16-/m1/s1. The second-order valence-corrected chi connectivity index (χ2v) is 5.98. The van der Waals surface area contributed by atoms with Gasteiger partial charge in [-0.1, -0.05) is 18.2 Å². The summed E-state index contributed by atoms with van der Waals surface area (Å²) in [4.78, 5) is 26.4.